The van der Waals surface area contributed by atoms with Crippen LogP contribution in [-0.4, -0.2) is 38.9 Å². The van der Waals surface area contributed by atoms with E-state index in [4.69, 9.17) is 4.42 Å². The molecule has 1 amide bonds. The molecule has 0 bridgehead atoms. The van der Waals surface area contributed by atoms with Gasteiger partial charge in [-0.05, 0) is 34.7 Å². The lowest BCUT2D eigenvalue weighted by Gasteiger charge is -2.16. The highest BCUT2D eigenvalue weighted by atomic mass is 32.2. The van der Waals surface area contributed by atoms with Crippen LogP contribution in [0.3, 0.4) is 0 Å². The summed E-state index contributed by atoms with van der Waals surface area (Å²) in [5.41, 5.74) is 0.855. The lowest BCUT2D eigenvalue weighted by atomic mass is 10.3. The number of anilines is 1. The van der Waals surface area contributed by atoms with Gasteiger partial charge in [0.2, 0.25) is 11.1 Å². The van der Waals surface area contributed by atoms with Crippen molar-refractivity contribution in [3.63, 3.8) is 0 Å². The lowest BCUT2D eigenvalue weighted by molar-refractivity contribution is -0.115. The summed E-state index contributed by atoms with van der Waals surface area (Å²) >= 11 is 1.30. The molecule has 3 aromatic rings. The molecule has 0 unspecified atom stereocenters. The van der Waals surface area contributed by atoms with E-state index in [-0.39, 0.29) is 11.7 Å². The number of thioether (sulfide) groups is 1. The van der Waals surface area contributed by atoms with Crippen molar-refractivity contribution in [1.29, 1.82) is 0 Å². The third-order valence-electron chi connectivity index (χ3n) is 3.23. The van der Waals surface area contributed by atoms with Gasteiger partial charge in [-0.3, -0.25) is 4.79 Å². The lowest BCUT2D eigenvalue weighted by Crippen LogP contribution is -2.28. The predicted octanol–water partition coefficient (Wildman–Crippen LogP) is 2.07. The Morgan fingerprint density at radius 2 is 2.09 bits per heavy atom. The minimum Gasteiger partial charge on any atom is -0.467 e. The number of aromatic nitrogens is 4. The minimum atomic E-state index is -0.0197. The van der Waals surface area contributed by atoms with Crippen molar-refractivity contribution in [1.82, 2.24) is 20.2 Å². The SMILES string of the molecule is CN(C(=O)CSc1nnnn1Cc1ccco1)c1ccccc1. The number of hydrogen-bond donors (Lipinski definition) is 0. The van der Waals surface area contributed by atoms with Gasteiger partial charge in [-0.2, -0.15) is 0 Å². The summed E-state index contributed by atoms with van der Waals surface area (Å²) in [6.07, 6.45) is 1.60. The second-order valence-corrected chi connectivity index (χ2v) is 5.72. The molecule has 0 atom stereocenters. The third-order valence-corrected chi connectivity index (χ3v) is 4.17. The van der Waals surface area contributed by atoms with Crippen molar-refractivity contribution in [2.75, 3.05) is 17.7 Å². The molecule has 0 radical (unpaired) electrons. The number of hydrogen-bond acceptors (Lipinski definition) is 6. The van der Waals surface area contributed by atoms with Crippen LogP contribution in [0.15, 0.2) is 58.3 Å². The molecule has 0 spiro atoms. The Hall–Kier alpha value is -2.61. The minimum absolute atomic E-state index is 0.0197. The quantitative estimate of drug-likeness (QED) is 0.644. The topological polar surface area (TPSA) is 77.1 Å². The van der Waals surface area contributed by atoms with Crippen LogP contribution in [-0.2, 0) is 11.3 Å². The van der Waals surface area contributed by atoms with Gasteiger partial charge in [0.15, 0.2) is 0 Å². The molecule has 2 aromatic heterocycles. The van der Waals surface area contributed by atoms with E-state index < -0.39 is 0 Å². The maximum atomic E-state index is 12.3. The first-order valence-corrected chi connectivity index (χ1v) is 7.95. The molecule has 7 nitrogen and oxygen atoms in total. The van der Waals surface area contributed by atoms with Gasteiger partial charge in [0.05, 0.1) is 12.0 Å². The number of nitrogens with zero attached hydrogens (tertiary/aromatic N) is 5. The van der Waals surface area contributed by atoms with Crippen LogP contribution in [0.25, 0.3) is 0 Å². The van der Waals surface area contributed by atoms with E-state index in [1.165, 1.54) is 11.8 Å². The second-order valence-electron chi connectivity index (χ2n) is 4.78. The molecule has 8 heteroatoms. The third kappa shape index (κ3) is 3.78. The second kappa shape index (κ2) is 7.10. The van der Waals surface area contributed by atoms with E-state index in [1.54, 1.807) is 22.9 Å². The van der Waals surface area contributed by atoms with E-state index in [0.717, 1.165) is 11.4 Å². The number of para-hydroxylation sites is 1. The molecular weight excluding hydrogens is 314 g/mol. The fraction of sp³-hybridized carbons (Fsp3) is 0.200. The van der Waals surface area contributed by atoms with Gasteiger partial charge in [0.1, 0.15) is 12.3 Å². The Balaban J connectivity index is 1.60. The summed E-state index contributed by atoms with van der Waals surface area (Å²) in [6.45, 7) is 0.436. The summed E-state index contributed by atoms with van der Waals surface area (Å²) in [7, 11) is 1.75. The summed E-state index contributed by atoms with van der Waals surface area (Å²) in [5, 5.41) is 12.1. The molecule has 2 heterocycles. The first kappa shape index (κ1) is 15.3. The highest BCUT2D eigenvalue weighted by molar-refractivity contribution is 7.99. The zero-order chi connectivity index (χ0) is 16.1. The molecular formula is C15H15N5O2S. The Labute approximate surface area is 137 Å². The number of carbonyl (C=O) groups is 1. The fourth-order valence-corrected chi connectivity index (χ4v) is 2.76. The monoisotopic (exact) mass is 329 g/mol. The van der Waals surface area contributed by atoms with Gasteiger partial charge in [-0.15, -0.1) is 5.10 Å². The number of amides is 1. The van der Waals surface area contributed by atoms with Gasteiger partial charge in [-0.25, -0.2) is 4.68 Å². The van der Waals surface area contributed by atoms with Gasteiger partial charge in [0.25, 0.3) is 0 Å². The molecule has 3 rings (SSSR count). The van der Waals surface area contributed by atoms with Gasteiger partial charge in [0, 0.05) is 12.7 Å². The maximum Gasteiger partial charge on any atom is 0.237 e. The highest BCUT2D eigenvalue weighted by Crippen LogP contribution is 2.18. The molecule has 23 heavy (non-hydrogen) atoms. The van der Waals surface area contributed by atoms with Crippen LogP contribution in [0, 0.1) is 0 Å². The van der Waals surface area contributed by atoms with Crippen molar-refractivity contribution >= 4 is 23.4 Å². The van der Waals surface area contributed by atoms with Gasteiger partial charge >= 0.3 is 0 Å². The Morgan fingerprint density at radius 3 is 2.83 bits per heavy atom. The number of rotatable bonds is 6. The van der Waals surface area contributed by atoms with E-state index in [9.17, 15) is 4.79 Å². The largest absolute Gasteiger partial charge is 0.467 e. The Morgan fingerprint density at radius 1 is 1.26 bits per heavy atom. The van der Waals surface area contributed by atoms with Crippen LogP contribution in [0.1, 0.15) is 5.76 Å². The number of carbonyl (C=O) groups excluding carboxylic acids is 1. The van der Waals surface area contributed by atoms with Crippen LogP contribution in [0.2, 0.25) is 0 Å². The molecule has 0 aliphatic carbocycles. The summed E-state index contributed by atoms with van der Waals surface area (Å²) < 4.78 is 6.89. The highest BCUT2D eigenvalue weighted by Gasteiger charge is 2.15. The molecule has 0 saturated carbocycles. The summed E-state index contributed by atoms with van der Waals surface area (Å²) in [6, 6.07) is 13.2. The number of furan rings is 1. The predicted molar refractivity (Wildman–Crippen MR) is 86.2 cm³/mol. The number of benzene rings is 1. The molecule has 0 saturated heterocycles. The Bertz CT molecular complexity index is 757. The summed E-state index contributed by atoms with van der Waals surface area (Å²) in [4.78, 5) is 13.9. The Kier molecular flexibility index (Phi) is 4.72. The smallest absolute Gasteiger partial charge is 0.237 e. The van der Waals surface area contributed by atoms with E-state index in [1.807, 2.05) is 42.5 Å². The number of tetrazole rings is 1. The van der Waals surface area contributed by atoms with E-state index in [2.05, 4.69) is 15.5 Å². The maximum absolute atomic E-state index is 12.3. The molecule has 0 aliphatic heterocycles. The van der Waals surface area contributed by atoms with Crippen molar-refractivity contribution in [2.45, 2.75) is 11.7 Å². The van der Waals surface area contributed by atoms with Crippen LogP contribution in [0.4, 0.5) is 5.69 Å². The zero-order valence-corrected chi connectivity index (χ0v) is 13.3. The standard InChI is InChI=1S/C15H15N5O2S/c1-19(12-6-3-2-4-7-12)14(21)11-23-15-16-17-18-20(15)10-13-8-5-9-22-13/h2-9H,10-11H2,1H3. The van der Waals surface area contributed by atoms with Crippen LogP contribution in [0.5, 0.6) is 0 Å². The summed E-state index contributed by atoms with van der Waals surface area (Å²) in [5.74, 6) is 0.991. The van der Waals surface area contributed by atoms with Crippen molar-refractivity contribution < 1.29 is 9.21 Å². The molecule has 0 N–H and O–H groups in total. The molecule has 1 aromatic carbocycles. The fourth-order valence-electron chi connectivity index (χ4n) is 1.97. The van der Waals surface area contributed by atoms with Gasteiger partial charge in [-0.1, -0.05) is 30.0 Å². The molecule has 0 aliphatic rings. The molecule has 0 fully saturated rings. The van der Waals surface area contributed by atoms with Crippen molar-refractivity contribution in [3.05, 3.63) is 54.5 Å². The van der Waals surface area contributed by atoms with E-state index >= 15 is 0 Å². The molecule has 118 valence electrons. The van der Waals surface area contributed by atoms with Crippen LogP contribution >= 0.6 is 11.8 Å². The first-order valence-electron chi connectivity index (χ1n) is 6.97. The van der Waals surface area contributed by atoms with Crippen LogP contribution < -0.4 is 4.90 Å². The normalized spacial score (nSPS) is 10.7. The average Bonchev–Trinajstić information content (AvgIpc) is 3.25. The zero-order valence-electron chi connectivity index (χ0n) is 12.5. The van der Waals surface area contributed by atoms with E-state index in [0.29, 0.717) is 11.7 Å². The van der Waals surface area contributed by atoms with Gasteiger partial charge < -0.3 is 9.32 Å². The average molecular weight is 329 g/mol. The van der Waals surface area contributed by atoms with Crippen molar-refractivity contribution in [2.24, 2.45) is 0 Å². The van der Waals surface area contributed by atoms with Crippen molar-refractivity contribution in [3.8, 4) is 0 Å². The first-order chi connectivity index (χ1) is 11.2.